The zero-order valence-electron chi connectivity index (χ0n) is 10.2. The fraction of sp³-hybridized carbons (Fsp3) is 0.231. The number of nitrogens with one attached hydrogen (secondary N) is 1. The molecule has 0 amide bonds. The van der Waals surface area contributed by atoms with Crippen LogP contribution in [0.25, 0.3) is 0 Å². The topological polar surface area (TPSA) is 57.9 Å². The number of nitriles is 1. The van der Waals surface area contributed by atoms with Crippen LogP contribution in [-0.2, 0) is 0 Å². The van der Waals surface area contributed by atoms with Gasteiger partial charge in [-0.15, -0.1) is 11.3 Å². The third kappa shape index (κ3) is 2.60. The van der Waals surface area contributed by atoms with E-state index in [0.29, 0.717) is 11.3 Å². The van der Waals surface area contributed by atoms with E-state index in [9.17, 15) is 0 Å². The molecule has 0 aliphatic heterocycles. The van der Waals surface area contributed by atoms with Crippen molar-refractivity contribution in [1.82, 2.24) is 4.98 Å². The van der Waals surface area contributed by atoms with Gasteiger partial charge in [0, 0.05) is 17.1 Å². The first-order valence-corrected chi connectivity index (χ1v) is 6.35. The van der Waals surface area contributed by atoms with Gasteiger partial charge in [-0.05, 0) is 19.1 Å². The minimum atomic E-state index is 0.152. The van der Waals surface area contributed by atoms with E-state index in [-0.39, 0.29) is 6.04 Å². The summed E-state index contributed by atoms with van der Waals surface area (Å²) in [6, 6.07) is 7.59. The van der Waals surface area contributed by atoms with Crippen molar-refractivity contribution in [2.75, 3.05) is 12.4 Å². The fourth-order valence-corrected chi connectivity index (χ4v) is 2.25. The summed E-state index contributed by atoms with van der Waals surface area (Å²) in [5.41, 5.74) is 3.27. The van der Waals surface area contributed by atoms with Gasteiger partial charge < -0.3 is 10.1 Å². The molecule has 0 aliphatic carbocycles. The second-order valence-corrected chi connectivity index (χ2v) is 4.71. The maximum Gasteiger partial charge on any atom is 0.143 e. The van der Waals surface area contributed by atoms with Crippen LogP contribution in [0.15, 0.2) is 29.9 Å². The molecule has 18 heavy (non-hydrogen) atoms. The molecule has 0 saturated heterocycles. The molecular formula is C13H13N3OS. The molecule has 5 heteroatoms. The van der Waals surface area contributed by atoms with E-state index in [1.807, 2.05) is 17.8 Å². The molecule has 2 aromatic rings. The Kier molecular flexibility index (Phi) is 3.80. The van der Waals surface area contributed by atoms with Crippen molar-refractivity contribution in [2.24, 2.45) is 0 Å². The first-order valence-electron chi connectivity index (χ1n) is 5.47. The Morgan fingerprint density at radius 1 is 1.50 bits per heavy atom. The SMILES string of the molecule is COc1cc(C#N)ccc1NC(C)c1cncs1. The molecule has 1 aromatic carbocycles. The van der Waals surface area contributed by atoms with Crippen molar-refractivity contribution in [3.8, 4) is 11.8 Å². The fourth-order valence-electron chi connectivity index (χ4n) is 1.62. The van der Waals surface area contributed by atoms with Crippen molar-refractivity contribution < 1.29 is 4.74 Å². The normalized spacial score (nSPS) is 11.6. The van der Waals surface area contributed by atoms with Crippen LogP contribution in [0, 0.1) is 11.3 Å². The number of anilines is 1. The van der Waals surface area contributed by atoms with Gasteiger partial charge >= 0.3 is 0 Å². The van der Waals surface area contributed by atoms with Gasteiger partial charge in [0.15, 0.2) is 0 Å². The quantitative estimate of drug-likeness (QED) is 0.916. The Morgan fingerprint density at radius 2 is 2.33 bits per heavy atom. The summed E-state index contributed by atoms with van der Waals surface area (Å²) in [6.45, 7) is 2.06. The summed E-state index contributed by atoms with van der Waals surface area (Å²) in [4.78, 5) is 5.21. The lowest BCUT2D eigenvalue weighted by atomic mass is 10.2. The maximum absolute atomic E-state index is 8.85. The Balaban J connectivity index is 2.21. The predicted octanol–water partition coefficient (Wildman–Crippen LogP) is 3.20. The third-order valence-electron chi connectivity index (χ3n) is 2.58. The number of thiazole rings is 1. The monoisotopic (exact) mass is 259 g/mol. The average Bonchev–Trinajstić information content (AvgIpc) is 2.93. The highest BCUT2D eigenvalue weighted by atomic mass is 32.1. The zero-order valence-corrected chi connectivity index (χ0v) is 11.0. The van der Waals surface area contributed by atoms with Crippen LogP contribution in [-0.4, -0.2) is 12.1 Å². The van der Waals surface area contributed by atoms with Crippen LogP contribution in [0.5, 0.6) is 5.75 Å². The molecule has 0 spiro atoms. The van der Waals surface area contributed by atoms with Crippen molar-refractivity contribution in [3.05, 3.63) is 40.3 Å². The van der Waals surface area contributed by atoms with Crippen LogP contribution in [0.3, 0.4) is 0 Å². The Hall–Kier alpha value is -2.06. The Morgan fingerprint density at radius 3 is 2.94 bits per heavy atom. The highest BCUT2D eigenvalue weighted by Gasteiger charge is 2.10. The van der Waals surface area contributed by atoms with E-state index in [1.54, 1.807) is 30.6 Å². The van der Waals surface area contributed by atoms with E-state index in [4.69, 9.17) is 10.00 Å². The summed E-state index contributed by atoms with van der Waals surface area (Å²) in [7, 11) is 1.60. The number of benzene rings is 1. The van der Waals surface area contributed by atoms with Gasteiger partial charge in [-0.25, -0.2) is 0 Å². The number of rotatable bonds is 4. The van der Waals surface area contributed by atoms with Gasteiger partial charge in [0.2, 0.25) is 0 Å². The van der Waals surface area contributed by atoms with Gasteiger partial charge in [0.25, 0.3) is 0 Å². The molecule has 0 bridgehead atoms. The molecule has 92 valence electrons. The molecule has 1 unspecified atom stereocenters. The molecule has 1 N–H and O–H groups in total. The number of aromatic nitrogens is 1. The highest BCUT2D eigenvalue weighted by Crippen LogP contribution is 2.29. The number of nitrogens with zero attached hydrogens (tertiary/aromatic N) is 2. The van der Waals surface area contributed by atoms with Gasteiger partial charge in [0.1, 0.15) is 5.75 Å². The molecule has 1 atom stereocenters. The largest absolute Gasteiger partial charge is 0.495 e. The average molecular weight is 259 g/mol. The molecular weight excluding hydrogens is 246 g/mol. The summed E-state index contributed by atoms with van der Waals surface area (Å²) in [5, 5.41) is 12.2. The van der Waals surface area contributed by atoms with Crippen molar-refractivity contribution in [1.29, 1.82) is 5.26 Å². The minimum Gasteiger partial charge on any atom is -0.495 e. The van der Waals surface area contributed by atoms with E-state index in [1.165, 1.54) is 0 Å². The lowest BCUT2D eigenvalue weighted by molar-refractivity contribution is 0.416. The summed E-state index contributed by atoms with van der Waals surface area (Å²) < 4.78 is 5.28. The van der Waals surface area contributed by atoms with Gasteiger partial charge in [-0.3, -0.25) is 4.98 Å². The molecule has 1 aromatic heterocycles. The first-order chi connectivity index (χ1) is 8.74. The zero-order chi connectivity index (χ0) is 13.0. The predicted molar refractivity (Wildman–Crippen MR) is 71.9 cm³/mol. The third-order valence-corrected chi connectivity index (χ3v) is 3.54. The van der Waals surface area contributed by atoms with Crippen molar-refractivity contribution in [2.45, 2.75) is 13.0 Å². The second kappa shape index (κ2) is 5.52. The lowest BCUT2D eigenvalue weighted by Crippen LogP contribution is -2.06. The molecule has 0 fully saturated rings. The van der Waals surface area contributed by atoms with Crippen molar-refractivity contribution >= 4 is 17.0 Å². The molecule has 1 heterocycles. The smallest absolute Gasteiger partial charge is 0.143 e. The minimum absolute atomic E-state index is 0.152. The lowest BCUT2D eigenvalue weighted by Gasteiger charge is -2.16. The summed E-state index contributed by atoms with van der Waals surface area (Å²) in [6.07, 6.45) is 1.85. The van der Waals surface area contributed by atoms with E-state index >= 15 is 0 Å². The highest BCUT2D eigenvalue weighted by molar-refractivity contribution is 7.09. The number of hydrogen-bond acceptors (Lipinski definition) is 5. The van der Waals surface area contributed by atoms with Crippen LogP contribution in [0.4, 0.5) is 5.69 Å². The number of ether oxygens (including phenoxy) is 1. The van der Waals surface area contributed by atoms with E-state index in [0.717, 1.165) is 10.6 Å². The number of methoxy groups -OCH3 is 1. The van der Waals surface area contributed by atoms with Crippen LogP contribution >= 0.6 is 11.3 Å². The molecule has 0 radical (unpaired) electrons. The summed E-state index contributed by atoms with van der Waals surface area (Å²) >= 11 is 1.60. The molecule has 0 aliphatic rings. The standard InChI is InChI=1S/C13H13N3OS/c1-9(13-7-15-8-18-13)16-11-4-3-10(6-14)5-12(11)17-2/h3-5,7-9,16H,1-2H3. The van der Waals surface area contributed by atoms with Crippen LogP contribution in [0.1, 0.15) is 23.4 Å². The molecule has 2 rings (SSSR count). The van der Waals surface area contributed by atoms with Gasteiger partial charge in [0.05, 0.1) is 36.0 Å². The Bertz CT molecular complexity index is 560. The van der Waals surface area contributed by atoms with Crippen LogP contribution < -0.4 is 10.1 Å². The van der Waals surface area contributed by atoms with Gasteiger partial charge in [-0.2, -0.15) is 5.26 Å². The van der Waals surface area contributed by atoms with Gasteiger partial charge in [-0.1, -0.05) is 0 Å². The van der Waals surface area contributed by atoms with E-state index in [2.05, 4.69) is 23.3 Å². The summed E-state index contributed by atoms with van der Waals surface area (Å²) in [5.74, 6) is 0.672. The van der Waals surface area contributed by atoms with Crippen LogP contribution in [0.2, 0.25) is 0 Å². The first kappa shape index (κ1) is 12.4. The van der Waals surface area contributed by atoms with Crippen molar-refractivity contribution in [3.63, 3.8) is 0 Å². The van der Waals surface area contributed by atoms with E-state index < -0.39 is 0 Å². The molecule has 4 nitrogen and oxygen atoms in total. The molecule has 0 saturated carbocycles. The number of hydrogen-bond donors (Lipinski definition) is 1. The Labute approximate surface area is 110 Å². The maximum atomic E-state index is 8.85. The second-order valence-electron chi connectivity index (χ2n) is 3.80.